The first kappa shape index (κ1) is 19.6. The lowest BCUT2D eigenvalue weighted by atomic mass is 10.2. The van der Waals surface area contributed by atoms with Crippen LogP contribution in [-0.4, -0.2) is 37.5 Å². The third-order valence-electron chi connectivity index (χ3n) is 5.39. The minimum Gasteiger partial charge on any atom is -0.338 e. The van der Waals surface area contributed by atoms with Gasteiger partial charge in [0.1, 0.15) is 5.65 Å². The number of carbonyl (C=O) groups excluding carboxylic acids is 1. The summed E-state index contributed by atoms with van der Waals surface area (Å²) in [6.07, 6.45) is 0. The monoisotopic (exact) mass is 426 g/mol. The number of hydrogen-bond donors (Lipinski definition) is 0. The van der Waals surface area contributed by atoms with Gasteiger partial charge in [-0.05, 0) is 36.8 Å². The summed E-state index contributed by atoms with van der Waals surface area (Å²) in [5.74, 6) is 0.428. The highest BCUT2D eigenvalue weighted by atomic mass is 32.2. The Labute approximate surface area is 184 Å². The predicted molar refractivity (Wildman–Crippen MR) is 126 cm³/mol. The van der Waals surface area contributed by atoms with Gasteiger partial charge in [-0.3, -0.25) is 9.20 Å². The summed E-state index contributed by atoms with van der Waals surface area (Å²) in [6.45, 7) is 3.30. The van der Waals surface area contributed by atoms with Crippen molar-refractivity contribution >= 4 is 45.3 Å². The van der Waals surface area contributed by atoms with Crippen LogP contribution in [0.5, 0.6) is 0 Å². The fourth-order valence-corrected chi connectivity index (χ4v) is 4.72. The predicted octanol–water partition coefficient (Wildman–Crippen LogP) is 5.18. The molecular weight excluding hydrogens is 404 g/mol. The Bertz CT molecular complexity index is 1380. The molecule has 5 nitrogen and oxygen atoms in total. The van der Waals surface area contributed by atoms with E-state index in [1.807, 2.05) is 78.6 Å². The second-order valence-corrected chi connectivity index (χ2v) is 8.30. The van der Waals surface area contributed by atoms with Crippen molar-refractivity contribution < 1.29 is 4.79 Å². The molecule has 5 rings (SSSR count). The highest BCUT2D eigenvalue weighted by Gasteiger charge is 2.17. The number of rotatable bonds is 6. The van der Waals surface area contributed by atoms with E-state index in [0.29, 0.717) is 18.8 Å². The van der Waals surface area contributed by atoms with Crippen molar-refractivity contribution in [3.8, 4) is 0 Å². The van der Waals surface area contributed by atoms with E-state index in [1.165, 1.54) is 11.8 Å². The van der Waals surface area contributed by atoms with Crippen molar-refractivity contribution in [2.45, 2.75) is 18.6 Å². The molecule has 3 aromatic carbocycles. The molecule has 0 aliphatic heterocycles. The first-order valence-electron chi connectivity index (χ1n) is 10.3. The van der Waals surface area contributed by atoms with E-state index in [1.54, 1.807) is 0 Å². The molecule has 0 fully saturated rings. The fourth-order valence-electron chi connectivity index (χ4n) is 3.81. The maximum Gasteiger partial charge on any atom is 0.233 e. The topological polar surface area (TPSA) is 50.5 Å². The first-order chi connectivity index (χ1) is 15.2. The van der Waals surface area contributed by atoms with Crippen molar-refractivity contribution in [1.29, 1.82) is 0 Å². The Hall–Kier alpha value is -3.38. The summed E-state index contributed by atoms with van der Waals surface area (Å²) in [6, 6.07) is 26.2. The van der Waals surface area contributed by atoms with Crippen LogP contribution in [0, 0.1) is 0 Å². The Balaban J connectivity index is 1.48. The molecule has 2 heterocycles. The van der Waals surface area contributed by atoms with Crippen LogP contribution in [0.3, 0.4) is 0 Å². The molecule has 0 radical (unpaired) electrons. The molecule has 1 amide bonds. The number of hydrogen-bond acceptors (Lipinski definition) is 4. The number of fused-ring (bicyclic) bond motifs is 5. The molecule has 31 heavy (non-hydrogen) atoms. The van der Waals surface area contributed by atoms with Crippen LogP contribution in [0.25, 0.3) is 27.6 Å². The van der Waals surface area contributed by atoms with Gasteiger partial charge in [0.25, 0.3) is 0 Å². The average Bonchev–Trinajstić information content (AvgIpc) is 3.21. The maximum absolute atomic E-state index is 13.0. The number of imidazole rings is 1. The van der Waals surface area contributed by atoms with Crippen molar-refractivity contribution in [2.75, 3.05) is 12.3 Å². The molecular formula is C25H22N4OS. The van der Waals surface area contributed by atoms with Crippen LogP contribution in [-0.2, 0) is 11.3 Å². The minimum atomic E-state index is 0.101. The van der Waals surface area contributed by atoms with E-state index in [9.17, 15) is 4.79 Å². The van der Waals surface area contributed by atoms with Crippen LogP contribution in [0.4, 0.5) is 0 Å². The van der Waals surface area contributed by atoms with Gasteiger partial charge in [-0.15, -0.1) is 0 Å². The van der Waals surface area contributed by atoms with Gasteiger partial charge in [-0.1, -0.05) is 66.4 Å². The van der Waals surface area contributed by atoms with Crippen LogP contribution in [0.1, 0.15) is 12.5 Å². The molecule has 0 saturated heterocycles. The molecule has 2 aromatic heterocycles. The lowest BCUT2D eigenvalue weighted by Gasteiger charge is -2.21. The van der Waals surface area contributed by atoms with Crippen LogP contribution < -0.4 is 0 Å². The third-order valence-corrected chi connectivity index (χ3v) is 6.31. The molecule has 0 unspecified atom stereocenters. The van der Waals surface area contributed by atoms with E-state index in [4.69, 9.17) is 9.97 Å². The van der Waals surface area contributed by atoms with Gasteiger partial charge in [0.05, 0.1) is 22.3 Å². The van der Waals surface area contributed by atoms with Crippen LogP contribution in [0.15, 0.2) is 84.0 Å². The molecule has 154 valence electrons. The summed E-state index contributed by atoms with van der Waals surface area (Å²) < 4.78 is 2.07. The molecule has 5 aromatic rings. The second-order valence-electron chi connectivity index (χ2n) is 7.35. The highest BCUT2D eigenvalue weighted by Crippen LogP contribution is 2.29. The number of carbonyl (C=O) groups is 1. The Morgan fingerprint density at radius 3 is 2.42 bits per heavy atom. The molecule has 0 saturated carbocycles. The largest absolute Gasteiger partial charge is 0.338 e. The average molecular weight is 427 g/mol. The molecule has 0 bridgehead atoms. The van der Waals surface area contributed by atoms with E-state index >= 15 is 0 Å². The van der Waals surface area contributed by atoms with Gasteiger partial charge in [-0.2, -0.15) is 0 Å². The molecule has 0 spiro atoms. The first-order valence-corrected chi connectivity index (χ1v) is 11.3. The van der Waals surface area contributed by atoms with E-state index in [2.05, 4.69) is 16.5 Å². The van der Waals surface area contributed by atoms with Crippen LogP contribution >= 0.6 is 11.8 Å². The van der Waals surface area contributed by atoms with Gasteiger partial charge in [0, 0.05) is 18.5 Å². The Morgan fingerprint density at radius 2 is 1.61 bits per heavy atom. The molecule has 6 heteroatoms. The Morgan fingerprint density at radius 1 is 0.903 bits per heavy atom. The van der Waals surface area contributed by atoms with Gasteiger partial charge in [0.2, 0.25) is 5.91 Å². The maximum atomic E-state index is 13.0. The highest BCUT2D eigenvalue weighted by molar-refractivity contribution is 7.99. The number of nitrogens with zero attached hydrogens (tertiary/aromatic N) is 4. The van der Waals surface area contributed by atoms with Crippen molar-refractivity contribution in [3.05, 3.63) is 84.4 Å². The number of thioether (sulfide) groups is 1. The van der Waals surface area contributed by atoms with Gasteiger partial charge in [-0.25, -0.2) is 9.97 Å². The number of benzene rings is 3. The SMILES string of the molecule is CCN(Cc1ccccc1)C(=O)CSc1nc2ccccc2c2nc3ccccc3n12. The zero-order valence-electron chi connectivity index (χ0n) is 17.2. The zero-order chi connectivity index (χ0) is 21.2. The standard InChI is InChI=1S/C25H22N4OS/c1-2-28(16-18-10-4-3-5-11-18)23(30)17-31-25-27-20-13-7-6-12-19(20)24-26-21-14-8-9-15-22(21)29(24)25/h3-15H,2,16-17H2,1H3. The van der Waals surface area contributed by atoms with Gasteiger partial charge < -0.3 is 4.90 Å². The molecule has 0 atom stereocenters. The summed E-state index contributed by atoms with van der Waals surface area (Å²) in [5.41, 5.74) is 4.82. The lowest BCUT2D eigenvalue weighted by molar-refractivity contribution is -0.128. The minimum absolute atomic E-state index is 0.101. The smallest absolute Gasteiger partial charge is 0.233 e. The fraction of sp³-hybridized carbons (Fsp3) is 0.160. The summed E-state index contributed by atoms with van der Waals surface area (Å²) in [5, 5.41) is 1.79. The quantitative estimate of drug-likeness (QED) is 0.277. The van der Waals surface area contributed by atoms with Crippen molar-refractivity contribution in [3.63, 3.8) is 0 Å². The van der Waals surface area contributed by atoms with Gasteiger partial charge in [0.15, 0.2) is 5.16 Å². The number of aromatic nitrogens is 3. The molecule has 0 aliphatic rings. The number of para-hydroxylation sites is 3. The number of amides is 1. The van der Waals surface area contributed by atoms with E-state index in [0.717, 1.165) is 38.3 Å². The van der Waals surface area contributed by atoms with Crippen molar-refractivity contribution in [2.24, 2.45) is 0 Å². The summed E-state index contributed by atoms with van der Waals surface area (Å²) in [4.78, 5) is 24.6. The third kappa shape index (κ3) is 3.75. The summed E-state index contributed by atoms with van der Waals surface area (Å²) >= 11 is 1.47. The Kier molecular flexibility index (Phi) is 5.30. The van der Waals surface area contributed by atoms with E-state index in [-0.39, 0.29) is 5.91 Å². The van der Waals surface area contributed by atoms with Gasteiger partial charge >= 0.3 is 0 Å². The van der Waals surface area contributed by atoms with Crippen LogP contribution in [0.2, 0.25) is 0 Å². The molecule has 0 N–H and O–H groups in total. The molecule has 0 aliphatic carbocycles. The van der Waals surface area contributed by atoms with E-state index < -0.39 is 0 Å². The normalized spacial score (nSPS) is 11.4. The zero-order valence-corrected chi connectivity index (χ0v) is 18.0. The second kappa shape index (κ2) is 8.40. The lowest BCUT2D eigenvalue weighted by Crippen LogP contribution is -2.31. The van der Waals surface area contributed by atoms with Crippen molar-refractivity contribution in [1.82, 2.24) is 19.3 Å². The summed E-state index contributed by atoms with van der Waals surface area (Å²) in [7, 11) is 0.